The van der Waals surface area contributed by atoms with Crippen molar-refractivity contribution in [3.8, 4) is 0 Å². The van der Waals surface area contributed by atoms with Crippen molar-refractivity contribution in [2.75, 3.05) is 19.6 Å². The number of unbranched alkanes of at least 4 members (excludes halogenated alkanes) is 8. The molecule has 0 aromatic rings. The fourth-order valence-electron chi connectivity index (χ4n) is 3.02. The van der Waals surface area contributed by atoms with Crippen LogP contribution in [-0.4, -0.2) is 36.9 Å². The fourth-order valence-corrected chi connectivity index (χ4v) is 3.02. The molecule has 0 amide bonds. The highest BCUT2D eigenvalue weighted by Crippen LogP contribution is 2.15. The summed E-state index contributed by atoms with van der Waals surface area (Å²) in [7, 11) is 0. The van der Waals surface area contributed by atoms with Gasteiger partial charge in [-0.25, -0.2) is 0 Å². The van der Waals surface area contributed by atoms with Gasteiger partial charge in [-0.1, -0.05) is 51.2 Å². The van der Waals surface area contributed by atoms with Gasteiger partial charge in [0.15, 0.2) is 0 Å². The van der Waals surface area contributed by atoms with Gasteiger partial charge in [0, 0.05) is 25.8 Å². The third-order valence-corrected chi connectivity index (χ3v) is 4.41. The predicted molar refractivity (Wildman–Crippen MR) is 98.5 cm³/mol. The lowest BCUT2D eigenvalue weighted by Crippen LogP contribution is -2.34. The lowest BCUT2D eigenvalue weighted by atomic mass is 10.1. The van der Waals surface area contributed by atoms with Gasteiger partial charge in [0.1, 0.15) is 6.17 Å². The van der Waals surface area contributed by atoms with Crippen LogP contribution in [0.2, 0.25) is 0 Å². The molecule has 0 spiro atoms. The van der Waals surface area contributed by atoms with Crippen molar-refractivity contribution in [2.45, 2.75) is 83.7 Å². The third kappa shape index (κ3) is 9.37. The summed E-state index contributed by atoms with van der Waals surface area (Å²) < 4.78 is 0. The Hall–Kier alpha value is -0.670. The molecule has 1 aliphatic heterocycles. The molecule has 1 unspecified atom stereocenters. The van der Waals surface area contributed by atoms with Crippen LogP contribution in [0.3, 0.4) is 0 Å². The molecule has 2 N–H and O–H groups in total. The summed E-state index contributed by atoms with van der Waals surface area (Å²) in [5, 5.41) is 0. The number of hydrogen-bond donors (Lipinski definition) is 1. The molecule has 1 heterocycles. The molecule has 1 rings (SSSR count). The summed E-state index contributed by atoms with van der Waals surface area (Å²) in [6.45, 7) is 4.98. The average molecular weight is 308 g/mol. The summed E-state index contributed by atoms with van der Waals surface area (Å²) in [5.41, 5.74) is 5.63. The topological polar surface area (TPSA) is 41.6 Å². The number of nitrogens with zero attached hydrogens (tertiary/aromatic N) is 2. The summed E-state index contributed by atoms with van der Waals surface area (Å²) in [5.74, 6) is 0. The highest BCUT2D eigenvalue weighted by atomic mass is 15.3. The Morgan fingerprint density at radius 2 is 1.73 bits per heavy atom. The Bertz CT molecular complexity index is 299. The second kappa shape index (κ2) is 14.0. The van der Waals surface area contributed by atoms with E-state index < -0.39 is 0 Å². The van der Waals surface area contributed by atoms with Crippen molar-refractivity contribution in [3.05, 3.63) is 12.2 Å². The van der Waals surface area contributed by atoms with Crippen LogP contribution in [-0.2, 0) is 0 Å². The van der Waals surface area contributed by atoms with Crippen LogP contribution < -0.4 is 5.73 Å². The van der Waals surface area contributed by atoms with Crippen LogP contribution in [0.5, 0.6) is 0 Å². The molecule has 22 heavy (non-hydrogen) atoms. The van der Waals surface area contributed by atoms with E-state index in [0.717, 1.165) is 19.6 Å². The Morgan fingerprint density at radius 1 is 1.05 bits per heavy atom. The highest BCUT2D eigenvalue weighted by molar-refractivity contribution is 5.62. The van der Waals surface area contributed by atoms with Crippen molar-refractivity contribution in [2.24, 2.45) is 10.7 Å². The highest BCUT2D eigenvalue weighted by Gasteiger charge is 2.18. The third-order valence-electron chi connectivity index (χ3n) is 4.41. The molecule has 0 radical (unpaired) electrons. The van der Waals surface area contributed by atoms with Crippen LogP contribution in [0.15, 0.2) is 17.1 Å². The van der Waals surface area contributed by atoms with Gasteiger partial charge in [0.05, 0.1) is 0 Å². The Labute approximate surface area is 138 Å². The van der Waals surface area contributed by atoms with Crippen LogP contribution in [0.25, 0.3) is 0 Å². The van der Waals surface area contributed by atoms with Crippen LogP contribution in [0.1, 0.15) is 77.6 Å². The number of allylic oxidation sites excluding steroid dienone is 2. The van der Waals surface area contributed by atoms with E-state index in [1.807, 2.05) is 6.21 Å². The quantitative estimate of drug-likeness (QED) is 0.378. The second-order valence-electron chi connectivity index (χ2n) is 6.41. The molecular formula is C19H37N3. The molecule has 0 bridgehead atoms. The maximum absolute atomic E-state index is 5.63. The zero-order valence-corrected chi connectivity index (χ0v) is 14.7. The van der Waals surface area contributed by atoms with Gasteiger partial charge < -0.3 is 5.73 Å². The van der Waals surface area contributed by atoms with Crippen LogP contribution >= 0.6 is 0 Å². The summed E-state index contributed by atoms with van der Waals surface area (Å²) >= 11 is 0. The van der Waals surface area contributed by atoms with E-state index in [9.17, 15) is 0 Å². The first-order chi connectivity index (χ1) is 10.9. The van der Waals surface area contributed by atoms with Gasteiger partial charge in [-0.2, -0.15) is 0 Å². The fraction of sp³-hybridized carbons (Fsp3) is 0.842. The lowest BCUT2D eigenvalue weighted by molar-refractivity contribution is 0.241. The molecule has 0 fully saturated rings. The maximum Gasteiger partial charge on any atom is 0.102 e. The molecule has 0 aromatic heterocycles. The Balaban J connectivity index is 1.88. The Morgan fingerprint density at radius 3 is 2.41 bits per heavy atom. The largest absolute Gasteiger partial charge is 0.329 e. The monoisotopic (exact) mass is 307 g/mol. The number of nitrogens with two attached hydrogens (primary N) is 1. The molecule has 0 aromatic carbocycles. The normalized spacial score (nSPS) is 18.7. The van der Waals surface area contributed by atoms with Crippen molar-refractivity contribution < 1.29 is 0 Å². The molecule has 0 saturated heterocycles. The first kappa shape index (κ1) is 19.4. The van der Waals surface area contributed by atoms with Crippen LogP contribution in [0, 0.1) is 0 Å². The smallest absolute Gasteiger partial charge is 0.102 e. The van der Waals surface area contributed by atoms with Crippen molar-refractivity contribution in [1.82, 2.24) is 4.90 Å². The van der Waals surface area contributed by atoms with E-state index in [1.165, 1.54) is 70.6 Å². The predicted octanol–water partition coefficient (Wildman–Crippen LogP) is 4.52. The van der Waals surface area contributed by atoms with E-state index in [0.29, 0.717) is 6.17 Å². The first-order valence-electron chi connectivity index (χ1n) is 9.49. The van der Waals surface area contributed by atoms with Gasteiger partial charge >= 0.3 is 0 Å². The van der Waals surface area contributed by atoms with Crippen LogP contribution in [0.4, 0.5) is 0 Å². The minimum absolute atomic E-state index is 0.405. The number of hydrogen-bond acceptors (Lipinski definition) is 3. The molecule has 1 atom stereocenters. The first-order valence-corrected chi connectivity index (χ1v) is 9.49. The molecule has 3 nitrogen and oxygen atoms in total. The molecule has 3 heteroatoms. The minimum atomic E-state index is 0.405. The lowest BCUT2D eigenvalue weighted by Gasteiger charge is -2.21. The van der Waals surface area contributed by atoms with E-state index >= 15 is 0 Å². The van der Waals surface area contributed by atoms with E-state index in [-0.39, 0.29) is 0 Å². The molecule has 0 saturated carbocycles. The SMILES string of the molecule is CCCCCCC/C=C/CCCCCC1N=CCN1CCN. The van der Waals surface area contributed by atoms with Gasteiger partial charge in [0.25, 0.3) is 0 Å². The molecule has 0 aliphatic carbocycles. The minimum Gasteiger partial charge on any atom is -0.329 e. The average Bonchev–Trinajstić information content (AvgIpc) is 2.96. The van der Waals surface area contributed by atoms with Crippen molar-refractivity contribution >= 4 is 6.21 Å². The summed E-state index contributed by atoms with van der Waals surface area (Å²) in [6, 6.07) is 0. The molecule has 1 aliphatic rings. The number of aliphatic imine (C=N–C) groups is 1. The van der Waals surface area contributed by atoms with Gasteiger partial charge in [-0.15, -0.1) is 0 Å². The summed E-state index contributed by atoms with van der Waals surface area (Å²) in [6.07, 6.45) is 21.8. The van der Waals surface area contributed by atoms with Gasteiger partial charge in [-0.05, 0) is 38.5 Å². The maximum atomic E-state index is 5.63. The van der Waals surface area contributed by atoms with Crippen molar-refractivity contribution in [1.29, 1.82) is 0 Å². The number of rotatable bonds is 14. The standard InChI is InChI=1S/C19H37N3/c1-2-3-4-5-6-7-8-9-10-11-12-13-14-19-21-16-18-22(19)17-15-20/h8-9,16,19H,2-7,10-15,17-18,20H2,1H3/b9-8+. The van der Waals surface area contributed by atoms with E-state index in [2.05, 4.69) is 29.0 Å². The Kier molecular flexibility index (Phi) is 12.3. The van der Waals surface area contributed by atoms with Gasteiger partial charge in [-0.3, -0.25) is 9.89 Å². The zero-order chi connectivity index (χ0) is 15.9. The second-order valence-corrected chi connectivity index (χ2v) is 6.41. The molecular weight excluding hydrogens is 270 g/mol. The zero-order valence-electron chi connectivity index (χ0n) is 14.7. The van der Waals surface area contributed by atoms with E-state index in [4.69, 9.17) is 5.73 Å². The summed E-state index contributed by atoms with van der Waals surface area (Å²) in [4.78, 5) is 6.94. The van der Waals surface area contributed by atoms with E-state index in [1.54, 1.807) is 0 Å². The van der Waals surface area contributed by atoms with Gasteiger partial charge in [0.2, 0.25) is 0 Å². The van der Waals surface area contributed by atoms with Crippen molar-refractivity contribution in [3.63, 3.8) is 0 Å². The molecule has 128 valence electrons.